The molecule has 13 heavy (non-hydrogen) atoms. The van der Waals surface area contributed by atoms with Crippen molar-refractivity contribution in [3.63, 3.8) is 0 Å². The maximum Gasteiger partial charge on any atom is 0.116 e. The van der Waals surface area contributed by atoms with Gasteiger partial charge in [-0.15, -0.1) is 0 Å². The second-order valence-corrected chi connectivity index (χ2v) is 4.15. The van der Waals surface area contributed by atoms with Gasteiger partial charge in [-0.3, -0.25) is 4.84 Å². The summed E-state index contributed by atoms with van der Waals surface area (Å²) in [4.78, 5) is 4.82. The zero-order valence-corrected chi connectivity index (χ0v) is 9.13. The molecule has 1 rings (SSSR count). The van der Waals surface area contributed by atoms with E-state index in [-0.39, 0.29) is 5.75 Å². The Labute approximate surface area is 85.6 Å². The van der Waals surface area contributed by atoms with Crippen LogP contribution in [0.25, 0.3) is 0 Å². The van der Waals surface area contributed by atoms with Crippen LogP contribution in [0.2, 0.25) is 0 Å². The minimum Gasteiger partial charge on any atom is -0.508 e. The van der Waals surface area contributed by atoms with Crippen LogP contribution in [-0.4, -0.2) is 5.11 Å². The van der Waals surface area contributed by atoms with E-state index in [1.54, 1.807) is 18.2 Å². The highest BCUT2D eigenvalue weighted by atomic mass is 79.9. The van der Waals surface area contributed by atoms with Gasteiger partial charge in [0.05, 0.1) is 0 Å². The first-order valence-electron chi connectivity index (χ1n) is 3.84. The molecule has 1 aromatic carbocycles. The number of aromatic hydroxyl groups is 1. The van der Waals surface area contributed by atoms with Gasteiger partial charge in [0.2, 0.25) is 0 Å². The van der Waals surface area contributed by atoms with Gasteiger partial charge >= 0.3 is 0 Å². The lowest BCUT2D eigenvalue weighted by Crippen LogP contribution is -2.25. The summed E-state index contributed by atoms with van der Waals surface area (Å²) in [5.41, 5.74) is 0.201. The molecule has 0 fully saturated rings. The molecule has 0 radical (unpaired) electrons. The van der Waals surface area contributed by atoms with Crippen LogP contribution in [-0.2, 0) is 10.4 Å². The van der Waals surface area contributed by atoms with E-state index < -0.39 is 5.60 Å². The maximum absolute atomic E-state index is 9.28. The molecule has 0 heterocycles. The van der Waals surface area contributed by atoms with Gasteiger partial charge in [-0.05, 0) is 32.0 Å². The summed E-state index contributed by atoms with van der Waals surface area (Å²) < 4.78 is 0.862. The minimum atomic E-state index is -0.614. The van der Waals surface area contributed by atoms with E-state index in [2.05, 4.69) is 15.9 Å². The van der Waals surface area contributed by atoms with Gasteiger partial charge in [-0.25, -0.2) is 5.90 Å². The van der Waals surface area contributed by atoms with E-state index in [4.69, 9.17) is 10.7 Å². The molecule has 0 saturated heterocycles. The van der Waals surface area contributed by atoms with E-state index in [0.29, 0.717) is 0 Å². The molecule has 0 unspecified atom stereocenters. The number of halogens is 1. The number of phenolic OH excluding ortho intramolecular Hbond substituents is 1. The summed E-state index contributed by atoms with van der Waals surface area (Å²) >= 11 is 3.36. The molecule has 0 amide bonds. The minimum absolute atomic E-state index is 0.198. The highest BCUT2D eigenvalue weighted by molar-refractivity contribution is 9.10. The van der Waals surface area contributed by atoms with Crippen molar-refractivity contribution in [1.29, 1.82) is 0 Å². The third kappa shape index (κ3) is 2.21. The number of hydrogen-bond donors (Lipinski definition) is 2. The standard InChI is InChI=1S/C9H12BrNO2/c1-9(2,13-11)7-5-6(12)3-4-8(7)10/h3-5,12H,11H2,1-2H3. The molecule has 0 saturated carbocycles. The Morgan fingerprint density at radius 3 is 2.62 bits per heavy atom. The topological polar surface area (TPSA) is 55.5 Å². The van der Waals surface area contributed by atoms with Gasteiger partial charge in [-0.1, -0.05) is 15.9 Å². The second-order valence-electron chi connectivity index (χ2n) is 3.29. The highest BCUT2D eigenvalue weighted by Gasteiger charge is 2.23. The van der Waals surface area contributed by atoms with Crippen LogP contribution in [0.15, 0.2) is 22.7 Å². The molecule has 0 aromatic heterocycles. The zero-order valence-electron chi connectivity index (χ0n) is 7.54. The molecule has 0 bridgehead atoms. The number of nitrogens with two attached hydrogens (primary N) is 1. The van der Waals surface area contributed by atoms with Crippen LogP contribution in [0.1, 0.15) is 19.4 Å². The summed E-state index contributed by atoms with van der Waals surface area (Å²) in [5.74, 6) is 5.35. The Morgan fingerprint density at radius 2 is 2.08 bits per heavy atom. The van der Waals surface area contributed by atoms with Gasteiger partial charge in [-0.2, -0.15) is 0 Å². The van der Waals surface area contributed by atoms with Crippen molar-refractivity contribution < 1.29 is 9.94 Å². The molecule has 3 N–H and O–H groups in total. The first-order valence-corrected chi connectivity index (χ1v) is 4.63. The van der Waals surface area contributed by atoms with Gasteiger partial charge in [0, 0.05) is 10.0 Å². The smallest absolute Gasteiger partial charge is 0.116 e. The van der Waals surface area contributed by atoms with Crippen LogP contribution in [0.4, 0.5) is 0 Å². The summed E-state index contributed by atoms with van der Waals surface area (Å²) in [6, 6.07) is 4.97. The zero-order chi connectivity index (χ0) is 10.1. The van der Waals surface area contributed by atoms with Crippen molar-refractivity contribution in [2.45, 2.75) is 19.4 Å². The van der Waals surface area contributed by atoms with Crippen molar-refractivity contribution in [2.75, 3.05) is 0 Å². The molecular formula is C9H12BrNO2. The van der Waals surface area contributed by atoms with Gasteiger partial charge in [0.1, 0.15) is 11.4 Å². The SMILES string of the molecule is CC(C)(ON)c1cc(O)ccc1Br. The lowest BCUT2D eigenvalue weighted by atomic mass is 9.98. The molecular weight excluding hydrogens is 234 g/mol. The third-order valence-electron chi connectivity index (χ3n) is 1.89. The van der Waals surface area contributed by atoms with Crippen molar-refractivity contribution in [2.24, 2.45) is 5.90 Å². The predicted molar refractivity (Wildman–Crippen MR) is 54.1 cm³/mol. The van der Waals surface area contributed by atoms with Crippen molar-refractivity contribution in [3.05, 3.63) is 28.2 Å². The van der Waals surface area contributed by atoms with E-state index in [1.165, 1.54) is 0 Å². The summed E-state index contributed by atoms with van der Waals surface area (Å²) in [5, 5.41) is 9.28. The average Bonchev–Trinajstić information content (AvgIpc) is 2.09. The van der Waals surface area contributed by atoms with Crippen LogP contribution in [0.3, 0.4) is 0 Å². The van der Waals surface area contributed by atoms with E-state index in [0.717, 1.165) is 10.0 Å². The molecule has 72 valence electrons. The number of rotatable bonds is 2. The Bertz CT molecular complexity index is 312. The third-order valence-corrected chi connectivity index (χ3v) is 2.58. The fourth-order valence-electron chi connectivity index (χ4n) is 1.04. The number of benzene rings is 1. The lowest BCUT2D eigenvalue weighted by Gasteiger charge is -2.23. The molecule has 0 aliphatic rings. The van der Waals surface area contributed by atoms with Crippen LogP contribution in [0, 0.1) is 0 Å². The van der Waals surface area contributed by atoms with Crippen molar-refractivity contribution in [3.8, 4) is 5.75 Å². The Kier molecular flexibility index (Phi) is 2.95. The summed E-state index contributed by atoms with van der Waals surface area (Å²) in [7, 11) is 0. The quantitative estimate of drug-likeness (QED) is 0.787. The fourth-order valence-corrected chi connectivity index (χ4v) is 1.76. The molecule has 3 nitrogen and oxygen atoms in total. The van der Waals surface area contributed by atoms with Crippen molar-refractivity contribution >= 4 is 15.9 Å². The fraction of sp³-hybridized carbons (Fsp3) is 0.333. The highest BCUT2D eigenvalue weighted by Crippen LogP contribution is 2.32. The van der Waals surface area contributed by atoms with E-state index >= 15 is 0 Å². The number of hydrogen-bond acceptors (Lipinski definition) is 3. The Morgan fingerprint density at radius 1 is 1.46 bits per heavy atom. The molecule has 0 spiro atoms. The molecule has 1 aromatic rings. The van der Waals surface area contributed by atoms with Crippen LogP contribution in [0.5, 0.6) is 5.75 Å². The largest absolute Gasteiger partial charge is 0.508 e. The van der Waals surface area contributed by atoms with Gasteiger partial charge in [0.25, 0.3) is 0 Å². The summed E-state index contributed by atoms with van der Waals surface area (Å²) in [6.07, 6.45) is 0. The van der Waals surface area contributed by atoms with Crippen LogP contribution < -0.4 is 5.90 Å². The molecule has 0 aliphatic carbocycles. The normalized spacial score (nSPS) is 11.7. The Balaban J connectivity index is 3.20. The van der Waals surface area contributed by atoms with Gasteiger partial charge < -0.3 is 5.11 Å². The summed E-state index contributed by atoms with van der Waals surface area (Å²) in [6.45, 7) is 3.65. The number of phenols is 1. The average molecular weight is 246 g/mol. The monoisotopic (exact) mass is 245 g/mol. The van der Waals surface area contributed by atoms with Crippen LogP contribution >= 0.6 is 15.9 Å². The van der Waals surface area contributed by atoms with Gasteiger partial charge in [0.15, 0.2) is 0 Å². The second kappa shape index (κ2) is 3.65. The molecule has 0 aliphatic heterocycles. The first kappa shape index (κ1) is 10.5. The first-order chi connectivity index (χ1) is 5.97. The van der Waals surface area contributed by atoms with E-state index in [1.807, 2.05) is 13.8 Å². The lowest BCUT2D eigenvalue weighted by molar-refractivity contribution is -0.0242. The van der Waals surface area contributed by atoms with Crippen molar-refractivity contribution in [1.82, 2.24) is 0 Å². The molecule has 4 heteroatoms. The maximum atomic E-state index is 9.28. The Hall–Kier alpha value is -0.580. The predicted octanol–water partition coefficient (Wildman–Crippen LogP) is 2.28. The molecule has 0 atom stereocenters. The van der Waals surface area contributed by atoms with E-state index in [9.17, 15) is 5.11 Å².